The molecule has 1 aliphatic heterocycles. The second-order valence-corrected chi connectivity index (χ2v) is 6.09. The van der Waals surface area contributed by atoms with Crippen molar-refractivity contribution in [2.75, 3.05) is 0 Å². The molecule has 0 bridgehead atoms. The van der Waals surface area contributed by atoms with E-state index < -0.39 is 5.97 Å². The Balaban J connectivity index is 1.95. The van der Waals surface area contributed by atoms with Gasteiger partial charge < -0.3 is 4.74 Å². The molecule has 0 radical (unpaired) electrons. The summed E-state index contributed by atoms with van der Waals surface area (Å²) in [5, 5.41) is 1.96. The third kappa shape index (κ3) is 2.76. The molecule has 19 heavy (non-hydrogen) atoms. The first-order chi connectivity index (χ1) is 9.22. The predicted octanol–water partition coefficient (Wildman–Crippen LogP) is 3.70. The van der Waals surface area contributed by atoms with E-state index in [0.717, 1.165) is 14.0 Å². The molecule has 1 aliphatic rings. The van der Waals surface area contributed by atoms with E-state index in [4.69, 9.17) is 4.74 Å². The molecule has 2 aromatic rings. The van der Waals surface area contributed by atoms with Crippen molar-refractivity contribution >= 4 is 51.9 Å². The number of thiophene rings is 1. The molecular formula is C14H8INO2S. The van der Waals surface area contributed by atoms with Crippen molar-refractivity contribution in [2.24, 2.45) is 4.99 Å². The summed E-state index contributed by atoms with van der Waals surface area (Å²) in [7, 11) is 0. The van der Waals surface area contributed by atoms with E-state index in [-0.39, 0.29) is 0 Å². The van der Waals surface area contributed by atoms with Gasteiger partial charge in [0.2, 0.25) is 5.90 Å². The fraction of sp³-hybridized carbons (Fsp3) is 0. The van der Waals surface area contributed by atoms with E-state index in [1.807, 2.05) is 41.8 Å². The van der Waals surface area contributed by atoms with Crippen LogP contribution in [-0.4, -0.2) is 11.9 Å². The van der Waals surface area contributed by atoms with Gasteiger partial charge in [-0.2, -0.15) is 0 Å². The lowest BCUT2D eigenvalue weighted by Gasteiger charge is -1.99. The molecular weight excluding hydrogens is 373 g/mol. The first-order valence-electron chi connectivity index (χ1n) is 5.54. The Labute approximate surface area is 127 Å². The molecule has 0 N–H and O–H groups in total. The number of carbonyl (C=O) groups is 1. The van der Waals surface area contributed by atoms with Gasteiger partial charge >= 0.3 is 5.97 Å². The number of esters is 1. The second kappa shape index (κ2) is 5.26. The number of cyclic esters (lactones) is 1. The maximum Gasteiger partial charge on any atom is 0.363 e. The zero-order chi connectivity index (χ0) is 13.2. The van der Waals surface area contributed by atoms with Crippen LogP contribution < -0.4 is 0 Å². The molecule has 0 fully saturated rings. The van der Waals surface area contributed by atoms with E-state index in [1.54, 1.807) is 17.4 Å². The SMILES string of the molecule is O=C1OC(c2cccc(I)c2)=NC1=Cc1cccs1. The zero-order valence-electron chi connectivity index (χ0n) is 9.67. The summed E-state index contributed by atoms with van der Waals surface area (Å²) in [6, 6.07) is 11.6. The first-order valence-corrected chi connectivity index (χ1v) is 7.50. The third-order valence-electron chi connectivity index (χ3n) is 2.51. The van der Waals surface area contributed by atoms with E-state index in [9.17, 15) is 4.79 Å². The fourth-order valence-corrected chi connectivity index (χ4v) is 2.86. The number of carbonyl (C=O) groups excluding carboxylic acids is 1. The van der Waals surface area contributed by atoms with Gasteiger partial charge in [-0.3, -0.25) is 0 Å². The highest BCUT2D eigenvalue weighted by atomic mass is 127. The largest absolute Gasteiger partial charge is 0.402 e. The molecule has 3 rings (SSSR count). The minimum Gasteiger partial charge on any atom is -0.402 e. The molecule has 0 atom stereocenters. The number of rotatable bonds is 2. The molecule has 3 nitrogen and oxygen atoms in total. The van der Waals surface area contributed by atoms with Crippen molar-refractivity contribution in [1.29, 1.82) is 0 Å². The lowest BCUT2D eigenvalue weighted by molar-refractivity contribution is -0.129. The Bertz CT molecular complexity index is 689. The average molecular weight is 381 g/mol. The molecule has 1 aromatic heterocycles. The van der Waals surface area contributed by atoms with Crippen LogP contribution in [0.1, 0.15) is 10.4 Å². The molecule has 0 amide bonds. The Morgan fingerprint density at radius 2 is 2.16 bits per heavy atom. The number of hydrogen-bond acceptors (Lipinski definition) is 4. The second-order valence-electron chi connectivity index (χ2n) is 3.86. The van der Waals surface area contributed by atoms with Gasteiger partial charge in [-0.15, -0.1) is 11.3 Å². The molecule has 0 aliphatic carbocycles. The predicted molar refractivity (Wildman–Crippen MR) is 84.1 cm³/mol. The smallest absolute Gasteiger partial charge is 0.363 e. The lowest BCUT2D eigenvalue weighted by Crippen LogP contribution is -2.05. The van der Waals surface area contributed by atoms with Crippen molar-refractivity contribution in [3.8, 4) is 0 Å². The Morgan fingerprint density at radius 3 is 2.89 bits per heavy atom. The summed E-state index contributed by atoms with van der Waals surface area (Å²) >= 11 is 3.77. The monoisotopic (exact) mass is 381 g/mol. The maximum atomic E-state index is 11.8. The Hall–Kier alpha value is -1.47. The Morgan fingerprint density at radius 1 is 1.26 bits per heavy atom. The van der Waals surface area contributed by atoms with E-state index in [1.165, 1.54) is 0 Å². The summed E-state index contributed by atoms with van der Waals surface area (Å²) < 4.78 is 6.28. The maximum absolute atomic E-state index is 11.8. The van der Waals surface area contributed by atoms with Crippen LogP contribution in [0.25, 0.3) is 6.08 Å². The summed E-state index contributed by atoms with van der Waals surface area (Å²) in [5.41, 5.74) is 1.16. The summed E-state index contributed by atoms with van der Waals surface area (Å²) in [6.07, 6.45) is 1.74. The summed E-state index contributed by atoms with van der Waals surface area (Å²) in [6.45, 7) is 0. The van der Waals surface area contributed by atoms with Gasteiger partial charge in [0.05, 0.1) is 0 Å². The number of hydrogen-bond donors (Lipinski definition) is 0. The molecule has 1 aromatic carbocycles. The fourth-order valence-electron chi connectivity index (χ4n) is 1.66. The molecule has 0 spiro atoms. The number of benzene rings is 1. The van der Waals surface area contributed by atoms with Crippen molar-refractivity contribution < 1.29 is 9.53 Å². The summed E-state index contributed by atoms with van der Waals surface area (Å²) in [5.74, 6) is -0.0337. The molecule has 0 saturated carbocycles. The number of aliphatic imine (C=N–C) groups is 1. The number of nitrogens with zero attached hydrogens (tertiary/aromatic N) is 1. The van der Waals surface area contributed by atoms with E-state index in [2.05, 4.69) is 27.6 Å². The molecule has 0 saturated heterocycles. The van der Waals surface area contributed by atoms with Gasteiger partial charge in [0.25, 0.3) is 0 Å². The highest BCUT2D eigenvalue weighted by Crippen LogP contribution is 2.21. The van der Waals surface area contributed by atoms with E-state index in [0.29, 0.717) is 11.6 Å². The average Bonchev–Trinajstić information content (AvgIpc) is 3.01. The minimum absolute atomic E-state index is 0.344. The van der Waals surface area contributed by atoms with Crippen LogP contribution in [0.3, 0.4) is 0 Å². The van der Waals surface area contributed by atoms with Gasteiger partial charge in [-0.05, 0) is 58.3 Å². The molecule has 94 valence electrons. The molecule has 5 heteroatoms. The van der Waals surface area contributed by atoms with Crippen molar-refractivity contribution in [2.45, 2.75) is 0 Å². The first kappa shape index (κ1) is 12.6. The van der Waals surface area contributed by atoms with E-state index >= 15 is 0 Å². The molecule has 2 heterocycles. The lowest BCUT2D eigenvalue weighted by atomic mass is 10.2. The molecule has 0 unspecified atom stereocenters. The van der Waals surface area contributed by atoms with Crippen molar-refractivity contribution in [3.63, 3.8) is 0 Å². The quantitative estimate of drug-likeness (QED) is 0.452. The van der Waals surface area contributed by atoms with Crippen LogP contribution in [-0.2, 0) is 9.53 Å². The number of ether oxygens (including phenoxy) is 1. The van der Waals surface area contributed by atoms with Crippen LogP contribution in [0.4, 0.5) is 0 Å². The third-order valence-corrected chi connectivity index (χ3v) is 4.00. The minimum atomic E-state index is -0.401. The Kier molecular flexibility index (Phi) is 3.48. The van der Waals surface area contributed by atoms with Crippen LogP contribution in [0.15, 0.2) is 52.5 Å². The highest BCUT2D eigenvalue weighted by Gasteiger charge is 2.24. The standard InChI is InChI=1S/C14H8INO2S/c15-10-4-1-3-9(7-10)13-16-12(14(17)18-13)8-11-5-2-6-19-11/h1-8H. The van der Waals surface area contributed by atoms with Gasteiger partial charge in [-0.1, -0.05) is 12.1 Å². The zero-order valence-corrected chi connectivity index (χ0v) is 12.6. The topological polar surface area (TPSA) is 38.7 Å². The highest BCUT2D eigenvalue weighted by molar-refractivity contribution is 14.1. The van der Waals surface area contributed by atoms with Gasteiger partial charge in [0.15, 0.2) is 5.70 Å². The normalized spacial score (nSPS) is 16.6. The summed E-state index contributed by atoms with van der Waals surface area (Å²) in [4.78, 5) is 17.0. The van der Waals surface area contributed by atoms with Gasteiger partial charge in [-0.25, -0.2) is 9.79 Å². The van der Waals surface area contributed by atoms with Gasteiger partial charge in [0, 0.05) is 14.0 Å². The van der Waals surface area contributed by atoms with Crippen LogP contribution in [0.5, 0.6) is 0 Å². The van der Waals surface area contributed by atoms with Crippen LogP contribution in [0, 0.1) is 3.57 Å². The number of halogens is 1. The van der Waals surface area contributed by atoms with Crippen LogP contribution >= 0.6 is 33.9 Å². The van der Waals surface area contributed by atoms with Crippen molar-refractivity contribution in [3.05, 3.63) is 61.5 Å². The van der Waals surface area contributed by atoms with Crippen molar-refractivity contribution in [1.82, 2.24) is 0 Å². The van der Waals surface area contributed by atoms with Crippen LogP contribution in [0.2, 0.25) is 0 Å². The van der Waals surface area contributed by atoms with Gasteiger partial charge in [0.1, 0.15) is 0 Å².